The minimum atomic E-state index is -0.375. The molecule has 0 amide bonds. The Morgan fingerprint density at radius 1 is 1.20 bits per heavy atom. The third-order valence-electron chi connectivity index (χ3n) is 8.25. The molecule has 3 aliphatic rings. The number of ketones is 1. The summed E-state index contributed by atoms with van der Waals surface area (Å²) in [5.74, 6) is 0.989. The van der Waals surface area contributed by atoms with Crippen LogP contribution in [0.2, 0.25) is 0 Å². The molecule has 2 aliphatic heterocycles. The van der Waals surface area contributed by atoms with E-state index in [1.165, 1.54) is 6.21 Å². The zero-order valence-electron chi connectivity index (χ0n) is 20.7. The lowest BCUT2D eigenvalue weighted by Gasteiger charge is -2.41. The molecule has 1 aliphatic carbocycles. The van der Waals surface area contributed by atoms with Crippen molar-refractivity contribution in [1.82, 2.24) is 9.88 Å². The lowest BCUT2D eigenvalue weighted by Crippen LogP contribution is -2.52. The van der Waals surface area contributed by atoms with Crippen LogP contribution < -0.4 is 4.74 Å². The summed E-state index contributed by atoms with van der Waals surface area (Å²) in [6.45, 7) is 10.3. The van der Waals surface area contributed by atoms with Crippen LogP contribution in [0.15, 0.2) is 30.3 Å². The van der Waals surface area contributed by atoms with Crippen LogP contribution in [-0.4, -0.2) is 60.3 Å². The summed E-state index contributed by atoms with van der Waals surface area (Å²) < 4.78 is 12.0. The van der Waals surface area contributed by atoms with Crippen LogP contribution in [0, 0.1) is 5.41 Å². The van der Waals surface area contributed by atoms with Crippen molar-refractivity contribution in [2.24, 2.45) is 0 Å². The summed E-state index contributed by atoms with van der Waals surface area (Å²) in [6, 6.07) is 10.6. The second kappa shape index (κ2) is 8.32. The van der Waals surface area contributed by atoms with Crippen molar-refractivity contribution in [2.75, 3.05) is 26.3 Å². The molecule has 2 saturated heterocycles. The Morgan fingerprint density at radius 2 is 1.97 bits per heavy atom. The minimum absolute atomic E-state index is 0.0699. The van der Waals surface area contributed by atoms with Crippen LogP contribution in [0.3, 0.4) is 0 Å². The number of carbonyl (C=O) groups is 1. The Bertz CT molecular complexity index is 1330. The fraction of sp³-hybridized carbons (Fsp3) is 0.448. The quantitative estimate of drug-likeness (QED) is 0.522. The van der Waals surface area contributed by atoms with Crippen molar-refractivity contribution in [2.45, 2.75) is 57.6 Å². The van der Waals surface area contributed by atoms with E-state index in [1.807, 2.05) is 18.2 Å². The molecule has 2 aromatic carbocycles. The first-order valence-corrected chi connectivity index (χ1v) is 12.8. The summed E-state index contributed by atoms with van der Waals surface area (Å²) >= 11 is 0. The molecule has 3 heterocycles. The lowest BCUT2D eigenvalue weighted by molar-refractivity contribution is -0.0778. The maximum atomic E-state index is 13.8. The van der Waals surface area contributed by atoms with E-state index in [4.69, 9.17) is 14.9 Å². The molecule has 0 bridgehead atoms. The van der Waals surface area contributed by atoms with Crippen LogP contribution >= 0.6 is 0 Å². The van der Waals surface area contributed by atoms with E-state index in [9.17, 15) is 4.79 Å². The van der Waals surface area contributed by atoms with Crippen molar-refractivity contribution in [1.29, 1.82) is 5.41 Å². The number of H-pyrrole nitrogens is 1. The zero-order chi connectivity index (χ0) is 24.3. The number of fused-ring (bicyclic) bond motifs is 4. The normalized spacial score (nSPS) is 20.4. The third kappa shape index (κ3) is 3.54. The fourth-order valence-electron chi connectivity index (χ4n) is 5.97. The first kappa shape index (κ1) is 22.5. The second-order valence-electron chi connectivity index (χ2n) is 10.7. The number of nitrogens with one attached hydrogen (secondary N) is 2. The van der Waals surface area contributed by atoms with Gasteiger partial charge in [-0.2, -0.15) is 0 Å². The average Bonchev–Trinajstić information content (AvgIpc) is 3.22. The van der Waals surface area contributed by atoms with Gasteiger partial charge in [0.25, 0.3) is 0 Å². The number of rotatable bonds is 5. The highest BCUT2D eigenvalue weighted by molar-refractivity contribution is 6.20. The summed E-state index contributed by atoms with van der Waals surface area (Å²) in [6.07, 6.45) is 4.38. The van der Waals surface area contributed by atoms with E-state index >= 15 is 0 Å². The van der Waals surface area contributed by atoms with Crippen LogP contribution in [0.25, 0.3) is 10.9 Å². The first-order chi connectivity index (χ1) is 16.9. The van der Waals surface area contributed by atoms with Gasteiger partial charge in [-0.15, -0.1) is 0 Å². The van der Waals surface area contributed by atoms with Crippen LogP contribution in [-0.2, 0) is 16.6 Å². The Morgan fingerprint density at radius 3 is 2.63 bits per heavy atom. The molecule has 2 N–H and O–H groups in total. The zero-order valence-corrected chi connectivity index (χ0v) is 20.7. The van der Waals surface area contributed by atoms with E-state index in [0.717, 1.165) is 95.7 Å². The molecule has 0 atom stereocenters. The molecule has 0 spiro atoms. The smallest absolute Gasteiger partial charge is 0.195 e. The van der Waals surface area contributed by atoms with Crippen molar-refractivity contribution in [3.63, 3.8) is 0 Å². The van der Waals surface area contributed by atoms with Gasteiger partial charge in [0.1, 0.15) is 11.9 Å². The number of hydrogen-bond donors (Lipinski definition) is 2. The largest absolute Gasteiger partial charge is 0.490 e. The van der Waals surface area contributed by atoms with Crippen LogP contribution in [0.1, 0.15) is 71.9 Å². The molecule has 6 nitrogen and oxygen atoms in total. The molecule has 2 fully saturated rings. The summed E-state index contributed by atoms with van der Waals surface area (Å²) in [7, 11) is 0. The predicted octanol–water partition coefficient (Wildman–Crippen LogP) is 4.84. The summed E-state index contributed by atoms with van der Waals surface area (Å²) in [5.41, 5.74) is 5.95. The molecular formula is C29H33N3O3. The Kier molecular flexibility index (Phi) is 5.35. The van der Waals surface area contributed by atoms with Gasteiger partial charge in [-0.25, -0.2) is 0 Å². The molecule has 0 unspecified atom stereocenters. The molecule has 6 rings (SSSR count). The van der Waals surface area contributed by atoms with E-state index in [1.54, 1.807) is 0 Å². The Labute approximate surface area is 206 Å². The molecular weight excluding hydrogens is 438 g/mol. The van der Waals surface area contributed by atoms with E-state index in [-0.39, 0.29) is 17.3 Å². The number of aryl methyl sites for hydroxylation is 1. The Balaban J connectivity index is 1.35. The van der Waals surface area contributed by atoms with Gasteiger partial charge in [-0.1, -0.05) is 32.9 Å². The third-order valence-corrected chi connectivity index (χ3v) is 8.25. The van der Waals surface area contributed by atoms with Crippen molar-refractivity contribution >= 4 is 22.9 Å². The van der Waals surface area contributed by atoms with E-state index in [0.29, 0.717) is 6.04 Å². The molecule has 0 radical (unpaired) electrons. The predicted molar refractivity (Wildman–Crippen MR) is 137 cm³/mol. The topological polar surface area (TPSA) is 78.4 Å². The van der Waals surface area contributed by atoms with Crippen molar-refractivity contribution in [3.8, 4) is 5.75 Å². The molecule has 3 aromatic rings. The number of benzene rings is 2. The molecule has 0 saturated carbocycles. The molecule has 1 aromatic heterocycles. The lowest BCUT2D eigenvalue weighted by atomic mass is 9.70. The average molecular weight is 472 g/mol. The standard InChI is InChI=1S/C29H33N3O3/c1-4-18-12-22-23(13-25(18)35-20-7-9-32(10-8-20)19-15-34-16-19)29(2,3)28-26(27(22)33)21-6-5-17(14-30)11-24(21)31-28/h5-6,11-14,19-20,30-31H,4,7-10,15-16H2,1-3H3. The number of carbonyl (C=O) groups excluding carboxylic acids is 1. The second-order valence-corrected chi connectivity index (χ2v) is 10.7. The van der Waals surface area contributed by atoms with Gasteiger partial charge < -0.3 is 19.9 Å². The number of aromatic nitrogens is 1. The van der Waals surface area contributed by atoms with E-state index < -0.39 is 0 Å². The SMILES string of the molecule is CCc1cc2c(cc1OC1CCN(C3COC3)CC1)C(C)(C)c1[nH]c3cc(C=N)ccc3c1C2=O. The van der Waals surface area contributed by atoms with Crippen LogP contribution in [0.4, 0.5) is 0 Å². The van der Waals surface area contributed by atoms with Gasteiger partial charge in [0, 0.05) is 46.9 Å². The molecule has 35 heavy (non-hydrogen) atoms. The highest BCUT2D eigenvalue weighted by Gasteiger charge is 2.40. The van der Waals surface area contributed by atoms with Gasteiger partial charge >= 0.3 is 0 Å². The summed E-state index contributed by atoms with van der Waals surface area (Å²) in [5, 5.41) is 8.52. The number of aromatic amines is 1. The van der Waals surface area contributed by atoms with Gasteiger partial charge in [-0.05, 0) is 54.2 Å². The van der Waals surface area contributed by atoms with Crippen molar-refractivity contribution in [3.05, 3.63) is 63.8 Å². The van der Waals surface area contributed by atoms with Crippen molar-refractivity contribution < 1.29 is 14.3 Å². The first-order valence-electron chi connectivity index (χ1n) is 12.8. The monoisotopic (exact) mass is 471 g/mol. The van der Waals surface area contributed by atoms with Gasteiger partial charge in [0.05, 0.1) is 24.8 Å². The number of hydrogen-bond acceptors (Lipinski definition) is 5. The highest BCUT2D eigenvalue weighted by atomic mass is 16.5. The molecule has 182 valence electrons. The number of ether oxygens (including phenoxy) is 2. The van der Waals surface area contributed by atoms with Gasteiger partial charge in [-0.3, -0.25) is 9.69 Å². The van der Waals surface area contributed by atoms with E-state index in [2.05, 4.69) is 42.8 Å². The maximum Gasteiger partial charge on any atom is 0.195 e. The number of likely N-dealkylation sites (tertiary alicyclic amines) is 1. The molecule has 6 heteroatoms. The number of piperidine rings is 1. The number of nitrogens with zero attached hydrogens (tertiary/aromatic N) is 1. The minimum Gasteiger partial charge on any atom is -0.490 e. The highest BCUT2D eigenvalue weighted by Crippen LogP contribution is 2.46. The van der Waals surface area contributed by atoms with Crippen LogP contribution in [0.5, 0.6) is 5.75 Å². The van der Waals surface area contributed by atoms with Gasteiger partial charge in [0.2, 0.25) is 0 Å². The Hall–Kier alpha value is -2.96. The fourth-order valence-corrected chi connectivity index (χ4v) is 5.97. The maximum absolute atomic E-state index is 13.8. The summed E-state index contributed by atoms with van der Waals surface area (Å²) in [4.78, 5) is 19.9. The van der Waals surface area contributed by atoms with Gasteiger partial charge in [0.15, 0.2) is 5.78 Å².